The molecular weight excluding hydrogens is 204 g/mol. The van der Waals surface area contributed by atoms with Gasteiger partial charge in [0.05, 0.1) is 21.3 Å². The molecule has 0 saturated heterocycles. The Morgan fingerprint density at radius 1 is 0.750 bits per heavy atom. The third kappa shape index (κ3) is 5.18. The van der Waals surface area contributed by atoms with Crippen molar-refractivity contribution in [3.8, 4) is 48.4 Å². The molecule has 0 N–H and O–H groups in total. The Kier molecular flexibility index (Phi) is 7.49. The lowest BCUT2D eigenvalue weighted by Crippen LogP contribution is -1.84. The summed E-state index contributed by atoms with van der Waals surface area (Å²) in [4.78, 5) is 0. The summed E-state index contributed by atoms with van der Waals surface area (Å²) in [5, 5.41) is 0. The molecule has 0 aliphatic heterocycles. The minimum atomic E-state index is 0.316. The summed E-state index contributed by atoms with van der Waals surface area (Å²) in [7, 11) is 4.30. The van der Waals surface area contributed by atoms with Crippen molar-refractivity contribution >= 4 is 0 Å². The molecule has 0 amide bonds. The molecule has 0 aliphatic carbocycles. The van der Waals surface area contributed by atoms with Gasteiger partial charge in [0.15, 0.2) is 0 Å². The van der Waals surface area contributed by atoms with Crippen molar-refractivity contribution in [2.45, 2.75) is 0 Å². The first kappa shape index (κ1) is 13.4. The molecule has 0 radical (unpaired) electrons. The minimum absolute atomic E-state index is 0.316. The largest absolute Gasteiger partial charge is 0.450 e. The SMILES string of the molecule is C#CC(C#COC)=C(C#COC)C#COC. The van der Waals surface area contributed by atoms with Gasteiger partial charge in [0.25, 0.3) is 0 Å². The van der Waals surface area contributed by atoms with Gasteiger partial charge in [0.1, 0.15) is 29.5 Å². The smallest absolute Gasteiger partial charge is 0.116 e. The Bertz CT molecular complexity index is 449. The fourth-order valence-electron chi connectivity index (χ4n) is 0.633. The van der Waals surface area contributed by atoms with Gasteiger partial charge in [-0.2, -0.15) is 0 Å². The van der Waals surface area contributed by atoms with Crippen LogP contribution in [0, 0.1) is 48.4 Å². The third-order valence-electron chi connectivity index (χ3n) is 1.23. The molecule has 0 unspecified atom stereocenters. The minimum Gasteiger partial charge on any atom is -0.450 e. The second kappa shape index (κ2) is 8.96. The van der Waals surface area contributed by atoms with E-state index in [-0.39, 0.29) is 0 Å². The van der Waals surface area contributed by atoms with Crippen molar-refractivity contribution in [1.82, 2.24) is 0 Å². The number of hydrogen-bond acceptors (Lipinski definition) is 3. The van der Waals surface area contributed by atoms with Crippen molar-refractivity contribution in [1.29, 1.82) is 0 Å². The normalized spacial score (nSPS) is 6.12. The Hall–Kier alpha value is -2.62. The molecule has 16 heavy (non-hydrogen) atoms. The molecule has 0 aliphatic rings. The maximum atomic E-state index is 5.27. The van der Waals surface area contributed by atoms with E-state index in [1.807, 2.05) is 0 Å². The van der Waals surface area contributed by atoms with E-state index in [1.54, 1.807) is 0 Å². The van der Waals surface area contributed by atoms with E-state index in [0.29, 0.717) is 11.1 Å². The Morgan fingerprint density at radius 2 is 1.12 bits per heavy atom. The van der Waals surface area contributed by atoms with Crippen LogP contribution in [0.5, 0.6) is 0 Å². The van der Waals surface area contributed by atoms with E-state index < -0.39 is 0 Å². The van der Waals surface area contributed by atoms with Crippen LogP contribution in [0.25, 0.3) is 0 Å². The molecule has 0 aromatic heterocycles. The third-order valence-corrected chi connectivity index (χ3v) is 1.23. The van der Waals surface area contributed by atoms with E-state index >= 15 is 0 Å². The molecule has 0 saturated carbocycles. The van der Waals surface area contributed by atoms with Crippen molar-refractivity contribution in [2.24, 2.45) is 0 Å². The highest BCUT2D eigenvalue weighted by Gasteiger charge is 1.96. The Balaban J connectivity index is 5.40. The molecule has 0 atom stereocenters. The lowest BCUT2D eigenvalue weighted by Gasteiger charge is -1.89. The van der Waals surface area contributed by atoms with Crippen molar-refractivity contribution in [3.05, 3.63) is 11.1 Å². The predicted octanol–water partition coefficient (Wildman–Crippen LogP) is 0.738. The molecule has 0 rings (SSSR count). The van der Waals surface area contributed by atoms with Crippen LogP contribution >= 0.6 is 0 Å². The summed E-state index contributed by atoms with van der Waals surface area (Å²) >= 11 is 0. The highest BCUT2D eigenvalue weighted by molar-refractivity contribution is 5.59. The molecule has 0 spiro atoms. The highest BCUT2D eigenvalue weighted by Crippen LogP contribution is 2.00. The van der Waals surface area contributed by atoms with Gasteiger partial charge < -0.3 is 14.2 Å². The predicted molar refractivity (Wildman–Crippen MR) is 60.2 cm³/mol. The number of ether oxygens (including phenoxy) is 3. The maximum absolute atomic E-state index is 5.27. The maximum Gasteiger partial charge on any atom is 0.116 e. The Labute approximate surface area is 95.8 Å². The van der Waals surface area contributed by atoms with E-state index in [0.717, 1.165) is 0 Å². The monoisotopic (exact) mass is 214 g/mol. The van der Waals surface area contributed by atoms with Gasteiger partial charge in [-0.25, -0.2) is 0 Å². The van der Waals surface area contributed by atoms with Crippen LogP contribution in [0.1, 0.15) is 0 Å². The summed E-state index contributed by atoms with van der Waals surface area (Å²) in [6.45, 7) is 0. The number of hydrogen-bond donors (Lipinski definition) is 0. The van der Waals surface area contributed by atoms with Crippen LogP contribution in [0.2, 0.25) is 0 Å². The van der Waals surface area contributed by atoms with Gasteiger partial charge in [-0.15, -0.1) is 6.42 Å². The summed E-state index contributed by atoms with van der Waals surface area (Å²) < 4.78 is 13.8. The van der Waals surface area contributed by atoms with Gasteiger partial charge in [0.2, 0.25) is 0 Å². The molecule has 0 aromatic rings. The van der Waals surface area contributed by atoms with Gasteiger partial charge >= 0.3 is 0 Å². The summed E-state index contributed by atoms with van der Waals surface area (Å²) in [6.07, 6.45) is 12.4. The van der Waals surface area contributed by atoms with Crippen LogP contribution in [0.3, 0.4) is 0 Å². The second-order valence-corrected chi connectivity index (χ2v) is 2.19. The average molecular weight is 214 g/mol. The van der Waals surface area contributed by atoms with Crippen molar-refractivity contribution in [3.63, 3.8) is 0 Å². The second-order valence-electron chi connectivity index (χ2n) is 2.19. The highest BCUT2D eigenvalue weighted by atomic mass is 16.5. The molecule has 0 fully saturated rings. The van der Waals surface area contributed by atoms with Gasteiger partial charge in [-0.1, -0.05) is 5.92 Å². The van der Waals surface area contributed by atoms with E-state index in [4.69, 9.17) is 6.42 Å². The van der Waals surface area contributed by atoms with Crippen LogP contribution in [-0.4, -0.2) is 21.3 Å². The van der Waals surface area contributed by atoms with E-state index in [1.165, 1.54) is 21.3 Å². The Morgan fingerprint density at radius 3 is 1.44 bits per heavy atom. The summed E-state index contributed by atoms with van der Waals surface area (Å²) in [5.74, 6) is 10.2. The molecule has 80 valence electrons. The number of terminal acetylenes is 1. The lowest BCUT2D eigenvalue weighted by molar-refractivity contribution is 0.371. The van der Waals surface area contributed by atoms with Gasteiger partial charge in [0, 0.05) is 0 Å². The topological polar surface area (TPSA) is 27.7 Å². The van der Waals surface area contributed by atoms with Gasteiger partial charge in [-0.05, 0) is 17.8 Å². The lowest BCUT2D eigenvalue weighted by atomic mass is 10.1. The number of allylic oxidation sites excluding steroid dienone is 2. The first-order chi connectivity index (χ1) is 7.79. The number of rotatable bonds is 0. The molecule has 3 nitrogen and oxygen atoms in total. The zero-order chi connectivity index (χ0) is 12.2. The zero-order valence-corrected chi connectivity index (χ0v) is 9.30. The van der Waals surface area contributed by atoms with E-state index in [2.05, 4.69) is 56.2 Å². The summed E-state index contributed by atoms with van der Waals surface area (Å²) in [5.41, 5.74) is 0.659. The van der Waals surface area contributed by atoms with Crippen molar-refractivity contribution < 1.29 is 14.2 Å². The molecule has 0 heterocycles. The first-order valence-electron chi connectivity index (χ1n) is 4.13. The molecular formula is C13H10O3. The van der Waals surface area contributed by atoms with Crippen LogP contribution < -0.4 is 0 Å². The standard InChI is InChI=1S/C13H10O3/c1-5-12(6-9-14-2)13(7-10-15-3)8-11-16-4/h1H,2-4H3. The fourth-order valence-corrected chi connectivity index (χ4v) is 0.633. The molecule has 0 bridgehead atoms. The van der Waals surface area contributed by atoms with Crippen LogP contribution in [0.4, 0.5) is 0 Å². The van der Waals surface area contributed by atoms with Crippen molar-refractivity contribution in [2.75, 3.05) is 21.3 Å². The molecule has 3 heteroatoms. The van der Waals surface area contributed by atoms with E-state index in [9.17, 15) is 0 Å². The van der Waals surface area contributed by atoms with Crippen LogP contribution in [-0.2, 0) is 14.2 Å². The first-order valence-corrected chi connectivity index (χ1v) is 4.13. The summed E-state index contributed by atoms with van der Waals surface area (Å²) in [6, 6.07) is 0. The average Bonchev–Trinajstić information content (AvgIpc) is 2.32. The fraction of sp³-hybridized carbons (Fsp3) is 0.231. The number of methoxy groups -OCH3 is 3. The zero-order valence-electron chi connectivity index (χ0n) is 9.30. The molecule has 0 aromatic carbocycles. The van der Waals surface area contributed by atoms with Crippen LogP contribution in [0.15, 0.2) is 11.1 Å². The quantitative estimate of drug-likeness (QED) is 0.557. The van der Waals surface area contributed by atoms with Gasteiger partial charge in [-0.3, -0.25) is 0 Å².